The summed E-state index contributed by atoms with van der Waals surface area (Å²) >= 11 is 1.21. The summed E-state index contributed by atoms with van der Waals surface area (Å²) in [6.45, 7) is 3.26. The highest BCUT2D eigenvalue weighted by Gasteiger charge is 2.17. The third-order valence-electron chi connectivity index (χ3n) is 1.85. The standard InChI is InChI=1S/C10H14FNOS/c1-10(2,13)7-4-5-9(14-12-3)8(11)6-7/h4-6,12-13H,1-3H3. The van der Waals surface area contributed by atoms with Gasteiger partial charge in [-0.25, -0.2) is 4.39 Å². The Morgan fingerprint density at radius 1 is 1.43 bits per heavy atom. The predicted molar refractivity (Wildman–Crippen MR) is 56.6 cm³/mol. The third kappa shape index (κ3) is 2.70. The minimum Gasteiger partial charge on any atom is -0.386 e. The summed E-state index contributed by atoms with van der Waals surface area (Å²) in [6.07, 6.45) is 0. The van der Waals surface area contributed by atoms with Crippen LogP contribution in [-0.2, 0) is 5.60 Å². The Morgan fingerprint density at radius 3 is 2.50 bits per heavy atom. The highest BCUT2D eigenvalue weighted by molar-refractivity contribution is 7.97. The van der Waals surface area contributed by atoms with Gasteiger partial charge in [-0.3, -0.25) is 4.72 Å². The van der Waals surface area contributed by atoms with E-state index in [2.05, 4.69) is 4.72 Å². The first-order chi connectivity index (χ1) is 6.45. The number of rotatable bonds is 3. The first-order valence-electron chi connectivity index (χ1n) is 4.31. The van der Waals surface area contributed by atoms with Gasteiger partial charge in [-0.2, -0.15) is 0 Å². The first-order valence-corrected chi connectivity index (χ1v) is 5.13. The molecule has 0 aromatic heterocycles. The van der Waals surface area contributed by atoms with E-state index in [4.69, 9.17) is 0 Å². The molecule has 0 amide bonds. The first kappa shape index (κ1) is 11.5. The molecule has 0 spiro atoms. The fraction of sp³-hybridized carbons (Fsp3) is 0.400. The normalized spacial score (nSPS) is 11.8. The lowest BCUT2D eigenvalue weighted by Crippen LogP contribution is -2.15. The van der Waals surface area contributed by atoms with Crippen LogP contribution in [0.25, 0.3) is 0 Å². The van der Waals surface area contributed by atoms with Crippen LogP contribution in [0.3, 0.4) is 0 Å². The maximum atomic E-state index is 13.4. The molecule has 0 heterocycles. The van der Waals surface area contributed by atoms with Crippen LogP contribution >= 0.6 is 11.9 Å². The molecule has 0 aliphatic carbocycles. The molecule has 1 aromatic rings. The van der Waals surface area contributed by atoms with Crippen LogP contribution in [0, 0.1) is 5.82 Å². The molecule has 2 nitrogen and oxygen atoms in total. The molecular weight excluding hydrogens is 201 g/mol. The van der Waals surface area contributed by atoms with Crippen molar-refractivity contribution in [3.8, 4) is 0 Å². The molecule has 0 saturated carbocycles. The molecule has 0 aliphatic heterocycles. The molecule has 0 atom stereocenters. The largest absolute Gasteiger partial charge is 0.386 e. The molecule has 1 aromatic carbocycles. The number of hydrogen-bond acceptors (Lipinski definition) is 3. The van der Waals surface area contributed by atoms with Gasteiger partial charge in [-0.05, 0) is 50.5 Å². The van der Waals surface area contributed by atoms with Crippen molar-refractivity contribution in [2.45, 2.75) is 24.3 Å². The molecule has 0 bridgehead atoms. The van der Waals surface area contributed by atoms with Crippen molar-refractivity contribution >= 4 is 11.9 Å². The van der Waals surface area contributed by atoms with Crippen molar-refractivity contribution in [3.63, 3.8) is 0 Å². The Morgan fingerprint density at radius 2 is 2.07 bits per heavy atom. The molecule has 0 radical (unpaired) electrons. The number of benzene rings is 1. The lowest BCUT2D eigenvalue weighted by molar-refractivity contribution is 0.0781. The molecule has 0 saturated heterocycles. The van der Waals surface area contributed by atoms with Gasteiger partial charge >= 0.3 is 0 Å². The van der Waals surface area contributed by atoms with E-state index in [0.717, 1.165) is 0 Å². The minimum absolute atomic E-state index is 0.316. The van der Waals surface area contributed by atoms with Crippen molar-refractivity contribution in [1.29, 1.82) is 0 Å². The lowest BCUT2D eigenvalue weighted by atomic mass is 9.99. The maximum absolute atomic E-state index is 13.4. The van der Waals surface area contributed by atoms with Crippen LogP contribution in [0.2, 0.25) is 0 Å². The number of aliphatic hydroxyl groups is 1. The summed E-state index contributed by atoms with van der Waals surface area (Å²) in [6, 6.07) is 4.74. The molecule has 0 aliphatic rings. The Bertz CT molecular complexity index is 322. The minimum atomic E-state index is -0.996. The highest BCUT2D eigenvalue weighted by atomic mass is 32.2. The zero-order valence-corrected chi connectivity index (χ0v) is 9.28. The van der Waals surface area contributed by atoms with Crippen LogP contribution in [0.4, 0.5) is 4.39 Å². The van der Waals surface area contributed by atoms with Crippen molar-refractivity contribution in [2.24, 2.45) is 0 Å². The fourth-order valence-corrected chi connectivity index (χ4v) is 1.59. The monoisotopic (exact) mass is 215 g/mol. The average molecular weight is 215 g/mol. The Labute approximate surface area is 87.7 Å². The van der Waals surface area contributed by atoms with E-state index in [9.17, 15) is 9.50 Å². The van der Waals surface area contributed by atoms with Crippen molar-refractivity contribution < 1.29 is 9.50 Å². The van der Waals surface area contributed by atoms with E-state index in [1.54, 1.807) is 33.0 Å². The second-order valence-corrected chi connectivity index (χ2v) is 4.56. The molecule has 2 N–H and O–H groups in total. The Hall–Kier alpha value is -0.580. The van der Waals surface area contributed by atoms with Gasteiger partial charge in [-0.1, -0.05) is 6.07 Å². The summed E-state index contributed by atoms with van der Waals surface area (Å²) in [7, 11) is 1.73. The van der Waals surface area contributed by atoms with Crippen LogP contribution in [0.5, 0.6) is 0 Å². The summed E-state index contributed by atoms with van der Waals surface area (Å²) in [5, 5.41) is 9.65. The predicted octanol–water partition coefficient (Wildman–Crippen LogP) is 2.28. The number of halogens is 1. The SMILES string of the molecule is CNSc1ccc(C(C)(C)O)cc1F. The Kier molecular flexibility index (Phi) is 3.53. The molecular formula is C10H14FNOS. The molecule has 14 heavy (non-hydrogen) atoms. The van der Waals surface area contributed by atoms with Crippen molar-refractivity contribution in [3.05, 3.63) is 29.6 Å². The zero-order chi connectivity index (χ0) is 10.8. The van der Waals surface area contributed by atoms with E-state index in [-0.39, 0.29) is 5.82 Å². The summed E-state index contributed by atoms with van der Waals surface area (Å²) in [5.41, 5.74) is -0.417. The molecule has 78 valence electrons. The van der Waals surface area contributed by atoms with Crippen LogP contribution in [0.15, 0.2) is 23.1 Å². The van der Waals surface area contributed by atoms with Gasteiger partial charge < -0.3 is 5.11 Å². The van der Waals surface area contributed by atoms with Crippen LogP contribution < -0.4 is 4.72 Å². The fourth-order valence-electron chi connectivity index (χ4n) is 1.07. The zero-order valence-electron chi connectivity index (χ0n) is 8.47. The van der Waals surface area contributed by atoms with Gasteiger partial charge in [0.2, 0.25) is 0 Å². The molecule has 4 heteroatoms. The van der Waals surface area contributed by atoms with Crippen molar-refractivity contribution in [2.75, 3.05) is 7.05 Å². The van der Waals surface area contributed by atoms with E-state index in [1.807, 2.05) is 0 Å². The number of hydrogen-bond donors (Lipinski definition) is 2. The van der Waals surface area contributed by atoms with Crippen molar-refractivity contribution in [1.82, 2.24) is 4.72 Å². The quantitative estimate of drug-likeness (QED) is 0.759. The molecule has 0 unspecified atom stereocenters. The average Bonchev–Trinajstić information content (AvgIpc) is 2.07. The molecule has 0 fully saturated rings. The smallest absolute Gasteiger partial charge is 0.138 e. The van der Waals surface area contributed by atoms with E-state index in [1.165, 1.54) is 18.0 Å². The second-order valence-electron chi connectivity index (χ2n) is 3.51. The Balaban J connectivity index is 3.01. The van der Waals surface area contributed by atoms with Gasteiger partial charge in [-0.15, -0.1) is 0 Å². The van der Waals surface area contributed by atoms with Gasteiger partial charge in [0.25, 0.3) is 0 Å². The maximum Gasteiger partial charge on any atom is 0.138 e. The number of nitrogens with one attached hydrogen (secondary N) is 1. The van der Waals surface area contributed by atoms with Gasteiger partial charge in [0.1, 0.15) is 5.82 Å². The molecule has 1 rings (SSSR count). The lowest BCUT2D eigenvalue weighted by Gasteiger charge is -2.18. The topological polar surface area (TPSA) is 32.3 Å². The van der Waals surface area contributed by atoms with Crippen LogP contribution in [-0.4, -0.2) is 12.2 Å². The van der Waals surface area contributed by atoms with E-state index in [0.29, 0.717) is 10.5 Å². The van der Waals surface area contributed by atoms with Crippen LogP contribution in [0.1, 0.15) is 19.4 Å². The second kappa shape index (κ2) is 4.29. The van der Waals surface area contributed by atoms with Gasteiger partial charge in [0.15, 0.2) is 0 Å². The van der Waals surface area contributed by atoms with E-state index < -0.39 is 5.60 Å². The summed E-state index contributed by atoms with van der Waals surface area (Å²) in [5.74, 6) is -0.316. The van der Waals surface area contributed by atoms with E-state index >= 15 is 0 Å². The highest BCUT2D eigenvalue weighted by Crippen LogP contribution is 2.25. The van der Waals surface area contributed by atoms with Gasteiger partial charge in [0, 0.05) is 0 Å². The summed E-state index contributed by atoms with van der Waals surface area (Å²) in [4.78, 5) is 0.528. The summed E-state index contributed by atoms with van der Waals surface area (Å²) < 4.78 is 16.2. The van der Waals surface area contributed by atoms with Gasteiger partial charge in [0.05, 0.1) is 10.5 Å². The third-order valence-corrected chi connectivity index (χ3v) is 2.61.